The summed E-state index contributed by atoms with van der Waals surface area (Å²) in [5, 5.41) is 0. The zero-order valence-electron chi connectivity index (χ0n) is 13.1. The molecule has 0 fully saturated rings. The van der Waals surface area contributed by atoms with Gasteiger partial charge in [0.1, 0.15) is 5.82 Å². The number of rotatable bonds is 4. The summed E-state index contributed by atoms with van der Waals surface area (Å²) < 4.78 is 15.6. The maximum absolute atomic E-state index is 13.8. The molecule has 0 aliphatic heterocycles. The fourth-order valence-electron chi connectivity index (χ4n) is 2.59. The van der Waals surface area contributed by atoms with Crippen LogP contribution in [0.25, 0.3) is 0 Å². The normalized spacial score (nSPS) is 10.7. The van der Waals surface area contributed by atoms with Crippen LogP contribution >= 0.6 is 0 Å². The molecule has 1 radical (unpaired) electrons. The number of hydrogen-bond donors (Lipinski definition) is 0. The predicted molar refractivity (Wildman–Crippen MR) is 88.1 cm³/mol. The van der Waals surface area contributed by atoms with Crippen LogP contribution in [0.5, 0.6) is 0 Å². The van der Waals surface area contributed by atoms with E-state index in [9.17, 15) is 9.18 Å². The number of aromatic nitrogens is 1. The van der Waals surface area contributed by atoms with Crippen molar-refractivity contribution < 1.29 is 9.18 Å². The molecule has 0 saturated carbocycles. The van der Waals surface area contributed by atoms with Gasteiger partial charge < -0.3 is 4.57 Å². The molecule has 0 aliphatic carbocycles. The van der Waals surface area contributed by atoms with Crippen molar-refractivity contribution in [3.05, 3.63) is 94.6 Å². The molecular formula is C20H17FNO. The molecule has 1 heterocycles. The van der Waals surface area contributed by atoms with Gasteiger partial charge in [-0.1, -0.05) is 42.0 Å². The molecule has 2 aromatic carbocycles. The molecule has 23 heavy (non-hydrogen) atoms. The Morgan fingerprint density at radius 2 is 1.87 bits per heavy atom. The van der Waals surface area contributed by atoms with E-state index in [1.54, 1.807) is 18.2 Å². The third-order valence-corrected chi connectivity index (χ3v) is 4.04. The van der Waals surface area contributed by atoms with Gasteiger partial charge in [-0.25, -0.2) is 4.39 Å². The zero-order valence-corrected chi connectivity index (χ0v) is 13.1. The minimum absolute atomic E-state index is 0.0272. The molecule has 3 rings (SSSR count). The van der Waals surface area contributed by atoms with Crippen LogP contribution in [0, 0.1) is 18.8 Å². The second kappa shape index (κ2) is 6.21. The third kappa shape index (κ3) is 3.09. The number of halogens is 1. The highest BCUT2D eigenvalue weighted by Crippen LogP contribution is 2.18. The van der Waals surface area contributed by atoms with E-state index in [2.05, 4.69) is 6.07 Å². The lowest BCUT2D eigenvalue weighted by molar-refractivity contribution is 0.103. The smallest absolute Gasteiger partial charge is 0.209 e. The number of hydrogen-bond acceptors (Lipinski definition) is 1. The Morgan fingerprint density at radius 1 is 1.13 bits per heavy atom. The summed E-state index contributed by atoms with van der Waals surface area (Å²) in [6.07, 6.45) is 0.443. The van der Waals surface area contributed by atoms with Crippen LogP contribution < -0.4 is 0 Å². The minimum Gasteiger partial charge on any atom is -0.345 e. The van der Waals surface area contributed by atoms with Crippen LogP contribution in [0.3, 0.4) is 0 Å². The van der Waals surface area contributed by atoms with E-state index in [1.165, 1.54) is 6.07 Å². The summed E-state index contributed by atoms with van der Waals surface area (Å²) in [6.45, 7) is 1.99. The van der Waals surface area contributed by atoms with Crippen molar-refractivity contribution in [3.63, 3.8) is 0 Å². The van der Waals surface area contributed by atoms with Crippen molar-refractivity contribution >= 4 is 5.78 Å². The molecule has 0 amide bonds. The van der Waals surface area contributed by atoms with Crippen LogP contribution in [-0.4, -0.2) is 10.4 Å². The van der Waals surface area contributed by atoms with Gasteiger partial charge >= 0.3 is 0 Å². The summed E-state index contributed by atoms with van der Waals surface area (Å²) in [4.78, 5) is 12.6. The standard InChI is InChI=1S/C20H17FNO/c1-14-7-9-15(10-8-14)20(23)19-12-11-17(22(19)2)13-16-5-3-4-6-18(16)21/h3,5-12H,13H2,1-2H3. The van der Waals surface area contributed by atoms with Gasteiger partial charge in [0.2, 0.25) is 5.78 Å². The lowest BCUT2D eigenvalue weighted by atomic mass is 10.1. The Bertz CT molecular complexity index is 846. The fraction of sp³-hybridized carbons (Fsp3) is 0.150. The van der Waals surface area contributed by atoms with Gasteiger partial charge in [0, 0.05) is 24.7 Å². The molecule has 0 bridgehead atoms. The van der Waals surface area contributed by atoms with E-state index in [0.717, 1.165) is 11.3 Å². The van der Waals surface area contributed by atoms with Crippen molar-refractivity contribution in [3.8, 4) is 0 Å². The number of carbonyl (C=O) groups excluding carboxylic acids is 1. The average Bonchev–Trinajstić information content (AvgIpc) is 2.91. The van der Waals surface area contributed by atoms with E-state index in [0.29, 0.717) is 23.2 Å². The minimum atomic E-state index is -0.278. The predicted octanol–water partition coefficient (Wildman–Crippen LogP) is 4.09. The van der Waals surface area contributed by atoms with E-state index < -0.39 is 0 Å². The van der Waals surface area contributed by atoms with Gasteiger partial charge in [0.25, 0.3) is 0 Å². The van der Waals surface area contributed by atoms with E-state index >= 15 is 0 Å². The highest BCUT2D eigenvalue weighted by atomic mass is 19.1. The van der Waals surface area contributed by atoms with Crippen molar-refractivity contribution in [1.82, 2.24) is 4.57 Å². The highest BCUT2D eigenvalue weighted by molar-refractivity contribution is 6.08. The Labute approximate surface area is 135 Å². The number of aryl methyl sites for hydroxylation is 1. The Hall–Kier alpha value is -2.68. The molecule has 3 heteroatoms. The summed E-state index contributed by atoms with van der Waals surface area (Å²) in [6, 6.07) is 18.6. The lowest BCUT2D eigenvalue weighted by Gasteiger charge is -2.08. The van der Waals surface area contributed by atoms with Crippen LogP contribution in [-0.2, 0) is 13.5 Å². The molecule has 0 saturated heterocycles. The SMILES string of the molecule is Cc1ccc(C(=O)c2ccc(Cc3cc[c]cc3F)n2C)cc1. The molecule has 1 aromatic heterocycles. The van der Waals surface area contributed by atoms with Gasteiger partial charge in [-0.15, -0.1) is 0 Å². The van der Waals surface area contributed by atoms with Gasteiger partial charge in [-0.3, -0.25) is 4.79 Å². The van der Waals surface area contributed by atoms with Crippen LogP contribution in [0.2, 0.25) is 0 Å². The van der Waals surface area contributed by atoms with Crippen molar-refractivity contribution in [2.24, 2.45) is 7.05 Å². The Kier molecular flexibility index (Phi) is 4.11. The molecule has 0 aliphatic rings. The second-order valence-corrected chi connectivity index (χ2v) is 5.66. The number of nitrogens with zero attached hydrogens (tertiary/aromatic N) is 1. The van der Waals surface area contributed by atoms with E-state index in [-0.39, 0.29) is 11.6 Å². The first kappa shape index (κ1) is 15.2. The molecule has 0 N–H and O–H groups in total. The van der Waals surface area contributed by atoms with Crippen molar-refractivity contribution in [2.75, 3.05) is 0 Å². The van der Waals surface area contributed by atoms with E-state index in [1.807, 2.05) is 48.9 Å². The van der Waals surface area contributed by atoms with Crippen LogP contribution in [0.15, 0.2) is 54.6 Å². The second-order valence-electron chi connectivity index (χ2n) is 5.66. The first-order valence-electron chi connectivity index (χ1n) is 7.46. The fourth-order valence-corrected chi connectivity index (χ4v) is 2.59. The van der Waals surface area contributed by atoms with Gasteiger partial charge in [0.05, 0.1) is 5.69 Å². The van der Waals surface area contributed by atoms with Crippen molar-refractivity contribution in [2.45, 2.75) is 13.3 Å². The molecule has 0 spiro atoms. The highest BCUT2D eigenvalue weighted by Gasteiger charge is 2.15. The molecular weight excluding hydrogens is 289 g/mol. The molecule has 3 aromatic rings. The third-order valence-electron chi connectivity index (χ3n) is 4.04. The maximum atomic E-state index is 13.8. The van der Waals surface area contributed by atoms with Crippen LogP contribution in [0.1, 0.15) is 32.9 Å². The lowest BCUT2D eigenvalue weighted by Crippen LogP contribution is -2.09. The summed E-state index contributed by atoms with van der Waals surface area (Å²) >= 11 is 0. The molecule has 0 unspecified atom stereocenters. The summed E-state index contributed by atoms with van der Waals surface area (Å²) in [5.74, 6) is -0.305. The van der Waals surface area contributed by atoms with Gasteiger partial charge in [0.15, 0.2) is 0 Å². The monoisotopic (exact) mass is 306 g/mol. The first-order valence-corrected chi connectivity index (χ1v) is 7.46. The largest absolute Gasteiger partial charge is 0.345 e. The van der Waals surface area contributed by atoms with Crippen molar-refractivity contribution in [1.29, 1.82) is 0 Å². The van der Waals surface area contributed by atoms with E-state index in [4.69, 9.17) is 0 Å². The Morgan fingerprint density at radius 3 is 2.57 bits per heavy atom. The first-order chi connectivity index (χ1) is 11.1. The van der Waals surface area contributed by atoms with Gasteiger partial charge in [-0.2, -0.15) is 0 Å². The van der Waals surface area contributed by atoms with Gasteiger partial charge in [-0.05, 0) is 36.8 Å². The molecule has 2 nitrogen and oxygen atoms in total. The maximum Gasteiger partial charge on any atom is 0.209 e. The molecule has 115 valence electrons. The molecule has 0 atom stereocenters. The number of carbonyl (C=O) groups is 1. The zero-order chi connectivity index (χ0) is 16.4. The average molecular weight is 306 g/mol. The summed E-state index contributed by atoms with van der Waals surface area (Å²) in [5.41, 5.74) is 3.87. The van der Waals surface area contributed by atoms with Crippen LogP contribution in [0.4, 0.5) is 4.39 Å². The summed E-state index contributed by atoms with van der Waals surface area (Å²) in [7, 11) is 1.84. The number of ketones is 1. The number of benzene rings is 2. The quantitative estimate of drug-likeness (QED) is 0.665. The Balaban J connectivity index is 1.89. The topological polar surface area (TPSA) is 22.0 Å².